The molecule has 0 saturated heterocycles. The Morgan fingerprint density at radius 1 is 1.08 bits per heavy atom. The van der Waals surface area contributed by atoms with E-state index in [2.05, 4.69) is 26.1 Å². The molecule has 0 heterocycles. The maximum atomic E-state index is 3.19. The van der Waals surface area contributed by atoms with Crippen LogP contribution < -0.4 is 5.32 Å². The lowest BCUT2D eigenvalue weighted by molar-refractivity contribution is 0.293. The van der Waals surface area contributed by atoms with Gasteiger partial charge in [0.05, 0.1) is 0 Å². The summed E-state index contributed by atoms with van der Waals surface area (Å²) in [4.78, 5) is 0. The van der Waals surface area contributed by atoms with Gasteiger partial charge in [0.2, 0.25) is 0 Å². The molecule has 0 aromatic carbocycles. The van der Waals surface area contributed by atoms with E-state index in [1.54, 1.807) is 0 Å². The monoisotopic (exact) mass is 171 g/mol. The van der Waals surface area contributed by atoms with Crippen LogP contribution in [-0.4, -0.2) is 13.6 Å². The third-order valence-corrected chi connectivity index (χ3v) is 2.46. The van der Waals surface area contributed by atoms with Gasteiger partial charge in [0.25, 0.3) is 0 Å². The van der Waals surface area contributed by atoms with Crippen LogP contribution in [0, 0.1) is 5.41 Å². The molecule has 1 heteroatoms. The third kappa shape index (κ3) is 6.66. The van der Waals surface area contributed by atoms with Crippen molar-refractivity contribution in [2.45, 2.75) is 52.9 Å². The summed E-state index contributed by atoms with van der Waals surface area (Å²) >= 11 is 0. The van der Waals surface area contributed by atoms with E-state index in [0.717, 1.165) is 0 Å². The first-order valence-corrected chi connectivity index (χ1v) is 5.27. The van der Waals surface area contributed by atoms with Crippen molar-refractivity contribution in [3.63, 3.8) is 0 Å². The molecule has 0 bridgehead atoms. The summed E-state index contributed by atoms with van der Waals surface area (Å²) < 4.78 is 0. The Morgan fingerprint density at radius 2 is 1.75 bits per heavy atom. The number of hydrogen-bond donors (Lipinski definition) is 1. The van der Waals surface area contributed by atoms with E-state index in [9.17, 15) is 0 Å². The van der Waals surface area contributed by atoms with Crippen LogP contribution in [0.15, 0.2) is 0 Å². The van der Waals surface area contributed by atoms with Gasteiger partial charge in [-0.15, -0.1) is 0 Å². The van der Waals surface area contributed by atoms with Crippen molar-refractivity contribution in [1.29, 1.82) is 0 Å². The lowest BCUT2D eigenvalue weighted by Crippen LogP contribution is -2.13. The summed E-state index contributed by atoms with van der Waals surface area (Å²) in [6.07, 6.45) is 6.76. The van der Waals surface area contributed by atoms with Crippen molar-refractivity contribution in [2.75, 3.05) is 13.6 Å². The Balaban J connectivity index is 3.33. The maximum Gasteiger partial charge on any atom is -0.00519 e. The summed E-state index contributed by atoms with van der Waals surface area (Å²) in [5.41, 5.74) is 0.572. The van der Waals surface area contributed by atoms with Crippen LogP contribution in [0.3, 0.4) is 0 Å². The average molecular weight is 171 g/mol. The zero-order valence-corrected chi connectivity index (χ0v) is 9.24. The molecule has 0 amide bonds. The maximum absolute atomic E-state index is 3.19. The summed E-state index contributed by atoms with van der Waals surface area (Å²) in [6, 6.07) is 0. The van der Waals surface area contributed by atoms with Crippen LogP contribution in [0.4, 0.5) is 0 Å². The Labute approximate surface area is 77.9 Å². The van der Waals surface area contributed by atoms with E-state index in [0.29, 0.717) is 5.41 Å². The van der Waals surface area contributed by atoms with E-state index in [1.165, 1.54) is 38.6 Å². The van der Waals surface area contributed by atoms with Crippen molar-refractivity contribution in [1.82, 2.24) is 5.32 Å². The zero-order chi connectivity index (χ0) is 9.45. The second-order valence-electron chi connectivity index (χ2n) is 4.47. The Kier molecular flexibility index (Phi) is 6.45. The minimum atomic E-state index is 0.572. The van der Waals surface area contributed by atoms with E-state index in [-0.39, 0.29) is 0 Å². The quantitative estimate of drug-likeness (QED) is 0.580. The molecule has 0 spiro atoms. The molecule has 1 nitrogen and oxygen atoms in total. The number of unbranched alkanes of at least 4 members (excludes halogenated alkanes) is 1. The SMILES string of the molecule is CCCC(C)(C)CCCCNC. The highest BCUT2D eigenvalue weighted by atomic mass is 14.8. The molecule has 0 aromatic rings. The van der Waals surface area contributed by atoms with Crippen molar-refractivity contribution < 1.29 is 0 Å². The topological polar surface area (TPSA) is 12.0 Å². The molecule has 0 aliphatic heterocycles. The predicted octanol–water partition coefficient (Wildman–Crippen LogP) is 3.20. The molecule has 0 fully saturated rings. The zero-order valence-electron chi connectivity index (χ0n) is 9.24. The van der Waals surface area contributed by atoms with E-state index < -0.39 is 0 Å². The first-order chi connectivity index (χ1) is 5.62. The summed E-state index contributed by atoms with van der Waals surface area (Å²) in [7, 11) is 2.02. The normalized spacial score (nSPS) is 12.0. The van der Waals surface area contributed by atoms with Crippen LogP contribution in [0.5, 0.6) is 0 Å². The molecule has 0 saturated carbocycles. The van der Waals surface area contributed by atoms with Crippen molar-refractivity contribution in [3.8, 4) is 0 Å². The summed E-state index contributed by atoms with van der Waals surface area (Å²) in [5, 5.41) is 3.19. The third-order valence-electron chi connectivity index (χ3n) is 2.46. The van der Waals surface area contributed by atoms with Gasteiger partial charge >= 0.3 is 0 Å². The van der Waals surface area contributed by atoms with E-state index in [1.807, 2.05) is 7.05 Å². The van der Waals surface area contributed by atoms with Gasteiger partial charge < -0.3 is 5.32 Å². The van der Waals surface area contributed by atoms with Gasteiger partial charge in [-0.1, -0.05) is 33.6 Å². The molecular formula is C11H25N. The van der Waals surface area contributed by atoms with Gasteiger partial charge in [-0.3, -0.25) is 0 Å². The minimum Gasteiger partial charge on any atom is -0.320 e. The summed E-state index contributed by atoms with van der Waals surface area (Å²) in [5.74, 6) is 0. The van der Waals surface area contributed by atoms with Crippen molar-refractivity contribution in [2.24, 2.45) is 5.41 Å². The summed E-state index contributed by atoms with van der Waals surface area (Å²) in [6.45, 7) is 8.21. The molecule has 0 aromatic heterocycles. The smallest absolute Gasteiger partial charge is 0.00519 e. The molecule has 0 aliphatic carbocycles. The van der Waals surface area contributed by atoms with Crippen molar-refractivity contribution in [3.05, 3.63) is 0 Å². The van der Waals surface area contributed by atoms with Crippen LogP contribution in [0.1, 0.15) is 52.9 Å². The molecule has 0 unspecified atom stereocenters. The van der Waals surface area contributed by atoms with Crippen LogP contribution in [0.2, 0.25) is 0 Å². The van der Waals surface area contributed by atoms with Gasteiger partial charge in [-0.05, 0) is 38.3 Å². The first-order valence-electron chi connectivity index (χ1n) is 5.27. The lowest BCUT2D eigenvalue weighted by Gasteiger charge is -2.23. The molecule has 0 rings (SSSR count). The van der Waals surface area contributed by atoms with E-state index >= 15 is 0 Å². The Morgan fingerprint density at radius 3 is 2.25 bits per heavy atom. The average Bonchev–Trinajstić information content (AvgIpc) is 1.98. The van der Waals surface area contributed by atoms with Gasteiger partial charge in [0.15, 0.2) is 0 Å². The fourth-order valence-electron chi connectivity index (χ4n) is 1.71. The fraction of sp³-hybridized carbons (Fsp3) is 1.00. The largest absolute Gasteiger partial charge is 0.320 e. The molecule has 0 atom stereocenters. The minimum absolute atomic E-state index is 0.572. The lowest BCUT2D eigenvalue weighted by atomic mass is 9.83. The molecule has 0 aliphatic rings. The molecule has 74 valence electrons. The Hall–Kier alpha value is -0.0400. The van der Waals surface area contributed by atoms with Crippen LogP contribution in [-0.2, 0) is 0 Å². The van der Waals surface area contributed by atoms with Crippen LogP contribution >= 0.6 is 0 Å². The number of hydrogen-bond acceptors (Lipinski definition) is 1. The fourth-order valence-corrected chi connectivity index (χ4v) is 1.71. The Bertz CT molecular complexity index is 97.2. The molecule has 0 radical (unpaired) electrons. The van der Waals surface area contributed by atoms with Gasteiger partial charge in [0.1, 0.15) is 0 Å². The highest BCUT2D eigenvalue weighted by Crippen LogP contribution is 2.28. The first kappa shape index (κ1) is 12.0. The second kappa shape index (κ2) is 6.47. The van der Waals surface area contributed by atoms with Gasteiger partial charge in [-0.25, -0.2) is 0 Å². The number of nitrogens with one attached hydrogen (secondary N) is 1. The van der Waals surface area contributed by atoms with Crippen LogP contribution in [0.25, 0.3) is 0 Å². The molecular weight excluding hydrogens is 146 g/mol. The highest BCUT2D eigenvalue weighted by molar-refractivity contribution is 4.67. The highest BCUT2D eigenvalue weighted by Gasteiger charge is 2.15. The van der Waals surface area contributed by atoms with Gasteiger partial charge in [-0.2, -0.15) is 0 Å². The van der Waals surface area contributed by atoms with Crippen molar-refractivity contribution >= 4 is 0 Å². The molecule has 1 N–H and O–H groups in total. The predicted molar refractivity (Wildman–Crippen MR) is 56.5 cm³/mol. The molecule has 12 heavy (non-hydrogen) atoms. The second-order valence-corrected chi connectivity index (χ2v) is 4.47. The van der Waals surface area contributed by atoms with E-state index in [4.69, 9.17) is 0 Å². The van der Waals surface area contributed by atoms with Gasteiger partial charge in [0, 0.05) is 0 Å². The number of rotatable bonds is 7. The standard InChI is InChI=1S/C11H25N/c1-5-8-11(2,3)9-6-7-10-12-4/h12H,5-10H2,1-4H3.